The molecular weight excluding hydrogens is 386 g/mol. The van der Waals surface area contributed by atoms with E-state index < -0.39 is 0 Å². The highest BCUT2D eigenvalue weighted by molar-refractivity contribution is 8.08. The van der Waals surface area contributed by atoms with E-state index in [1.54, 1.807) is 23.1 Å². The first-order chi connectivity index (χ1) is 13.6. The van der Waals surface area contributed by atoms with Crippen LogP contribution in [0, 0.1) is 0 Å². The Morgan fingerprint density at radius 2 is 1.89 bits per heavy atom. The van der Waals surface area contributed by atoms with E-state index in [1.807, 2.05) is 36.7 Å². The van der Waals surface area contributed by atoms with E-state index >= 15 is 0 Å². The van der Waals surface area contributed by atoms with Gasteiger partial charge >= 0.3 is 0 Å². The molecule has 0 atom stereocenters. The quantitative estimate of drug-likeness (QED) is 0.620. The van der Waals surface area contributed by atoms with Gasteiger partial charge in [0, 0.05) is 43.1 Å². The smallest absolute Gasteiger partial charge is 0.271 e. The Labute approximate surface area is 173 Å². The molecule has 0 aliphatic carbocycles. The minimum absolute atomic E-state index is 0.0962. The summed E-state index contributed by atoms with van der Waals surface area (Å²) in [4.78, 5) is 16.5. The molecule has 2 aromatic heterocycles. The molecule has 0 N–H and O–H groups in total. The molecule has 3 heterocycles. The van der Waals surface area contributed by atoms with Crippen LogP contribution in [0.5, 0.6) is 0 Å². The van der Waals surface area contributed by atoms with Gasteiger partial charge < -0.3 is 4.90 Å². The molecule has 144 valence electrons. The Kier molecular flexibility index (Phi) is 5.42. The van der Waals surface area contributed by atoms with E-state index in [1.165, 1.54) is 4.90 Å². The molecule has 0 amide bonds. The van der Waals surface area contributed by atoms with Crippen LogP contribution in [-0.2, 0) is 13.1 Å². The third kappa shape index (κ3) is 3.31. The highest BCUT2D eigenvalue weighted by atomic mass is 32.2. The SMILES string of the molecule is CCC[n+]1ccccc1/C=c1\s/c(=C2/Sc3ccccc3N2C)c(=O)n1CC. The maximum absolute atomic E-state index is 13.2. The van der Waals surface area contributed by atoms with E-state index in [4.69, 9.17) is 0 Å². The van der Waals surface area contributed by atoms with Gasteiger partial charge in [0.2, 0.25) is 5.69 Å². The third-order valence-electron chi connectivity index (χ3n) is 4.87. The second-order valence-corrected chi connectivity index (χ2v) is 8.78. The highest BCUT2D eigenvalue weighted by Crippen LogP contribution is 2.44. The fourth-order valence-electron chi connectivity index (χ4n) is 3.46. The number of thioether (sulfide) groups is 1. The molecule has 4 nitrogen and oxygen atoms in total. The zero-order chi connectivity index (χ0) is 19.7. The van der Waals surface area contributed by atoms with Gasteiger partial charge in [0.25, 0.3) is 5.56 Å². The van der Waals surface area contributed by atoms with Crippen LogP contribution in [-0.4, -0.2) is 11.6 Å². The minimum atomic E-state index is 0.0962. The number of hydrogen-bond donors (Lipinski definition) is 0. The summed E-state index contributed by atoms with van der Waals surface area (Å²) >= 11 is 3.27. The van der Waals surface area contributed by atoms with E-state index in [0.717, 1.165) is 38.6 Å². The number of anilines is 1. The lowest BCUT2D eigenvalue weighted by molar-refractivity contribution is -0.698. The normalized spacial score (nSPS) is 16.0. The van der Waals surface area contributed by atoms with Gasteiger partial charge in [-0.2, -0.15) is 4.57 Å². The predicted octanol–water partition coefficient (Wildman–Crippen LogP) is 2.76. The molecule has 0 saturated carbocycles. The number of fused-ring (bicyclic) bond motifs is 1. The number of para-hydroxylation sites is 1. The van der Waals surface area contributed by atoms with Crippen LogP contribution in [0.1, 0.15) is 26.0 Å². The molecule has 0 bridgehead atoms. The summed E-state index contributed by atoms with van der Waals surface area (Å²) in [6.45, 7) is 5.84. The molecule has 0 spiro atoms. The van der Waals surface area contributed by atoms with Crippen molar-refractivity contribution >= 4 is 39.9 Å². The maximum Gasteiger partial charge on any atom is 0.271 e. The van der Waals surface area contributed by atoms with Crippen molar-refractivity contribution in [2.45, 2.75) is 38.3 Å². The lowest BCUT2D eigenvalue weighted by Gasteiger charge is -2.11. The summed E-state index contributed by atoms with van der Waals surface area (Å²) in [7, 11) is 2.04. The average Bonchev–Trinajstić information content (AvgIpc) is 3.20. The van der Waals surface area contributed by atoms with Crippen LogP contribution in [0.15, 0.2) is 58.4 Å². The zero-order valence-corrected chi connectivity index (χ0v) is 18.0. The van der Waals surface area contributed by atoms with Gasteiger partial charge in [0.15, 0.2) is 6.20 Å². The molecule has 4 rings (SSSR count). The summed E-state index contributed by atoms with van der Waals surface area (Å²) < 4.78 is 5.93. The number of pyridine rings is 1. The van der Waals surface area contributed by atoms with Crippen LogP contribution < -0.4 is 24.2 Å². The van der Waals surface area contributed by atoms with Crippen molar-refractivity contribution < 1.29 is 4.57 Å². The molecule has 0 fully saturated rings. The maximum atomic E-state index is 13.2. The zero-order valence-electron chi connectivity index (χ0n) is 16.4. The van der Waals surface area contributed by atoms with Gasteiger partial charge in [0.05, 0.1) is 5.69 Å². The van der Waals surface area contributed by atoms with Gasteiger partial charge in [-0.1, -0.05) is 30.8 Å². The first kappa shape index (κ1) is 19.0. The Morgan fingerprint density at radius 3 is 2.64 bits per heavy atom. The fraction of sp³-hybridized carbons (Fsp3) is 0.273. The summed E-state index contributed by atoms with van der Waals surface area (Å²) in [5, 5.41) is 1.02. The second kappa shape index (κ2) is 7.97. The second-order valence-electron chi connectivity index (χ2n) is 6.72. The number of thiazole rings is 1. The number of rotatable bonds is 4. The summed E-state index contributed by atoms with van der Waals surface area (Å²) in [5.41, 5.74) is 2.38. The van der Waals surface area contributed by atoms with Crippen LogP contribution in [0.3, 0.4) is 0 Å². The number of aryl methyl sites for hydroxylation is 1. The monoisotopic (exact) mass is 410 g/mol. The van der Waals surface area contributed by atoms with E-state index in [9.17, 15) is 4.79 Å². The number of aromatic nitrogens is 2. The molecule has 0 radical (unpaired) electrons. The van der Waals surface area contributed by atoms with Crippen molar-refractivity contribution in [2.24, 2.45) is 0 Å². The van der Waals surface area contributed by atoms with Crippen molar-refractivity contribution in [3.8, 4) is 0 Å². The van der Waals surface area contributed by atoms with Crippen LogP contribution in [0.25, 0.3) is 11.1 Å². The molecule has 3 aromatic rings. The number of hydrogen-bond acceptors (Lipinski definition) is 4. The summed E-state index contributed by atoms with van der Waals surface area (Å²) in [5.74, 6) is 0. The fourth-order valence-corrected chi connectivity index (χ4v) is 5.92. The van der Waals surface area contributed by atoms with Crippen molar-refractivity contribution in [3.63, 3.8) is 0 Å². The van der Waals surface area contributed by atoms with Gasteiger partial charge in [-0.05, 0) is 25.1 Å². The summed E-state index contributed by atoms with van der Waals surface area (Å²) in [6.07, 6.45) is 5.32. The predicted molar refractivity (Wildman–Crippen MR) is 118 cm³/mol. The molecule has 0 unspecified atom stereocenters. The van der Waals surface area contributed by atoms with Gasteiger partial charge in [-0.25, -0.2) is 0 Å². The van der Waals surface area contributed by atoms with E-state index in [-0.39, 0.29) is 5.56 Å². The molecule has 1 aliphatic rings. The van der Waals surface area contributed by atoms with Crippen molar-refractivity contribution in [2.75, 3.05) is 11.9 Å². The minimum Gasteiger partial charge on any atom is -0.337 e. The van der Waals surface area contributed by atoms with Crippen LogP contribution >= 0.6 is 23.1 Å². The van der Waals surface area contributed by atoms with Gasteiger partial charge in [-0.15, -0.1) is 11.3 Å². The topological polar surface area (TPSA) is 29.1 Å². The Hall–Kier alpha value is -2.31. The Balaban J connectivity index is 1.91. The van der Waals surface area contributed by atoms with Gasteiger partial charge in [-0.3, -0.25) is 9.36 Å². The first-order valence-electron chi connectivity index (χ1n) is 9.58. The Morgan fingerprint density at radius 1 is 1.11 bits per heavy atom. The molecule has 6 heteroatoms. The lowest BCUT2D eigenvalue weighted by atomic mass is 10.3. The number of benzene rings is 1. The van der Waals surface area contributed by atoms with Crippen LogP contribution in [0.2, 0.25) is 0 Å². The molecule has 1 aliphatic heterocycles. The van der Waals surface area contributed by atoms with E-state index in [0.29, 0.717) is 6.54 Å². The molecular formula is C22H24N3OS2+. The summed E-state index contributed by atoms with van der Waals surface area (Å²) in [6, 6.07) is 14.5. The largest absolute Gasteiger partial charge is 0.337 e. The molecule has 28 heavy (non-hydrogen) atoms. The van der Waals surface area contributed by atoms with Crippen molar-refractivity contribution in [1.82, 2.24) is 4.57 Å². The molecule has 0 saturated heterocycles. The first-order valence-corrected chi connectivity index (χ1v) is 11.2. The van der Waals surface area contributed by atoms with Crippen molar-refractivity contribution in [1.29, 1.82) is 0 Å². The third-order valence-corrected chi connectivity index (χ3v) is 7.36. The Bertz CT molecular complexity index is 1190. The number of nitrogens with zero attached hydrogens (tertiary/aromatic N) is 3. The lowest BCUT2D eigenvalue weighted by Crippen LogP contribution is -2.37. The van der Waals surface area contributed by atoms with E-state index in [2.05, 4.69) is 52.9 Å². The van der Waals surface area contributed by atoms with Gasteiger partial charge in [0.1, 0.15) is 20.8 Å². The standard InChI is InChI=1S/C22H24N3OS2/c1-4-13-24-14-9-8-10-16(24)15-19-25(5-2)21(26)20(28-19)22-23(3)17-11-6-7-12-18(17)27-22/h6-12,14-15H,4-5,13H2,1-3H3/q+1/b22-20+. The average molecular weight is 411 g/mol. The highest BCUT2D eigenvalue weighted by Gasteiger charge is 2.24. The molecule has 1 aromatic carbocycles. The van der Waals surface area contributed by atoms with Crippen LogP contribution in [0.4, 0.5) is 5.69 Å². The van der Waals surface area contributed by atoms with Crippen molar-refractivity contribution in [3.05, 3.63) is 73.9 Å².